The van der Waals surface area contributed by atoms with E-state index in [1.54, 1.807) is 0 Å². The zero-order chi connectivity index (χ0) is 25.4. The van der Waals surface area contributed by atoms with Gasteiger partial charge in [-0.05, 0) is 11.1 Å². The fourth-order valence-electron chi connectivity index (χ4n) is 3.05. The second-order valence-corrected chi connectivity index (χ2v) is 8.62. The molecule has 2 aliphatic heterocycles. The maximum Gasteiger partial charge on any atom is 0.523 e. The largest absolute Gasteiger partial charge is 0.523 e. The minimum atomic E-state index is -5.76. The van der Waals surface area contributed by atoms with Crippen LogP contribution in [0.25, 0.3) is 20.9 Å². The molecule has 8 atom stereocenters. The molecule has 2 aliphatic rings. The first-order valence-corrected chi connectivity index (χ1v) is 10.8. The lowest BCUT2D eigenvalue weighted by Gasteiger charge is -2.20. The average Bonchev–Trinajstić information content (AvgIpc) is 3.20. The molecule has 0 aromatic rings. The van der Waals surface area contributed by atoms with Gasteiger partial charge in [0.1, 0.15) is 12.2 Å². The quantitative estimate of drug-likeness (QED) is 0.170. The molecule has 14 nitrogen and oxygen atoms in total. The molecular weight excluding hydrogens is 481 g/mol. The third kappa shape index (κ3) is 7.56. The number of methoxy groups -OCH3 is 2. The van der Waals surface area contributed by atoms with Gasteiger partial charge in [0.2, 0.25) is 0 Å². The Kier molecular flexibility index (Phi) is 11.1. The Morgan fingerprint density at radius 3 is 1.82 bits per heavy atom. The van der Waals surface area contributed by atoms with Crippen molar-refractivity contribution in [3.63, 3.8) is 0 Å². The van der Waals surface area contributed by atoms with Crippen LogP contribution in [0.15, 0.2) is 10.2 Å². The molecule has 0 spiro atoms. The van der Waals surface area contributed by atoms with Gasteiger partial charge in [0, 0.05) is 35.9 Å². The van der Waals surface area contributed by atoms with E-state index >= 15 is 0 Å². The van der Waals surface area contributed by atoms with Crippen molar-refractivity contribution in [1.29, 1.82) is 0 Å². The van der Waals surface area contributed by atoms with Gasteiger partial charge in [0.25, 0.3) is 0 Å². The van der Waals surface area contributed by atoms with E-state index in [0.29, 0.717) is 0 Å². The van der Waals surface area contributed by atoms with Gasteiger partial charge in [0.15, 0.2) is 12.6 Å². The minimum absolute atomic E-state index is 0.0737. The summed E-state index contributed by atoms with van der Waals surface area (Å²) >= 11 is 0. The van der Waals surface area contributed by atoms with Gasteiger partial charge in [0.05, 0.1) is 25.3 Å². The zero-order valence-corrected chi connectivity index (χ0v) is 18.9. The highest BCUT2D eigenvalue weighted by Gasteiger charge is 2.53. The Labute approximate surface area is 187 Å². The fourth-order valence-corrected chi connectivity index (χ4v) is 3.72. The van der Waals surface area contributed by atoms with Crippen molar-refractivity contribution in [3.8, 4) is 0 Å². The first-order valence-electron chi connectivity index (χ1n) is 9.40. The maximum absolute atomic E-state index is 12.3. The summed E-state index contributed by atoms with van der Waals surface area (Å²) in [6.07, 6.45) is -5.09. The predicted molar refractivity (Wildman–Crippen MR) is 104 cm³/mol. The molecule has 0 amide bonds. The molecule has 0 bridgehead atoms. The van der Waals surface area contributed by atoms with Crippen LogP contribution in [0, 0.1) is 11.8 Å². The van der Waals surface area contributed by atoms with Crippen LogP contribution in [0.5, 0.6) is 0 Å². The molecule has 0 aromatic carbocycles. The molecule has 190 valence electrons. The fraction of sp³-hybridized carbons (Fsp3) is 1.00. The first kappa shape index (κ1) is 29.2. The number of aliphatic hydroxyl groups excluding tert-OH is 1. The second-order valence-electron chi connectivity index (χ2n) is 7.05. The van der Waals surface area contributed by atoms with Crippen molar-refractivity contribution in [2.24, 2.45) is 22.1 Å². The lowest BCUT2D eigenvalue weighted by molar-refractivity contribution is -0.146. The highest BCUT2D eigenvalue weighted by molar-refractivity contribution is 7.87. The summed E-state index contributed by atoms with van der Waals surface area (Å²) in [5.41, 5.74) is 10.8. The standard InChI is InChI=1S/C8H12F3N3O5S.C7H13N3O3/c1-4-5(3-13-14-12)18-7(17-2)6(4)19-20(15,16)8(9,10)11;1-4-5(3-9-10-8)13-7(12-2)6(4)11/h4-7H,3H2,1-2H3;4-7,11H,3H2,1-2H3/t2*4-,5+,6+,7?/m00/s1. The molecule has 18 heteroatoms. The first-order chi connectivity index (χ1) is 15.3. The molecule has 0 aromatic heterocycles. The normalized spacial score (nSPS) is 34.1. The molecule has 2 fully saturated rings. The van der Waals surface area contributed by atoms with E-state index in [1.165, 1.54) is 14.0 Å². The molecule has 0 saturated carbocycles. The number of alkyl halides is 3. The van der Waals surface area contributed by atoms with Gasteiger partial charge < -0.3 is 24.1 Å². The van der Waals surface area contributed by atoms with E-state index < -0.39 is 52.4 Å². The van der Waals surface area contributed by atoms with Crippen LogP contribution in [-0.2, 0) is 33.2 Å². The second kappa shape index (κ2) is 12.5. The van der Waals surface area contributed by atoms with Gasteiger partial charge in [-0.2, -0.15) is 21.6 Å². The van der Waals surface area contributed by atoms with Gasteiger partial charge in [-0.3, -0.25) is 4.18 Å². The van der Waals surface area contributed by atoms with Crippen LogP contribution in [0.2, 0.25) is 0 Å². The summed E-state index contributed by atoms with van der Waals surface area (Å²) in [5, 5.41) is 16.2. The van der Waals surface area contributed by atoms with E-state index in [4.69, 9.17) is 30.0 Å². The number of aliphatic hydroxyl groups is 1. The highest BCUT2D eigenvalue weighted by Crippen LogP contribution is 2.35. The summed E-state index contributed by atoms with van der Waals surface area (Å²) < 4.78 is 83.1. The monoisotopic (exact) mass is 506 g/mol. The number of hydrogen-bond acceptors (Lipinski definition) is 10. The van der Waals surface area contributed by atoms with Gasteiger partial charge >= 0.3 is 15.6 Å². The van der Waals surface area contributed by atoms with Crippen LogP contribution in [0.4, 0.5) is 13.2 Å². The van der Waals surface area contributed by atoms with Crippen molar-refractivity contribution in [1.82, 2.24) is 0 Å². The number of azide groups is 2. The number of nitrogens with zero attached hydrogens (tertiary/aromatic N) is 6. The summed E-state index contributed by atoms with van der Waals surface area (Å²) in [6.45, 7) is 3.30. The highest BCUT2D eigenvalue weighted by atomic mass is 32.2. The minimum Gasteiger partial charge on any atom is -0.387 e. The van der Waals surface area contributed by atoms with Crippen LogP contribution in [0.1, 0.15) is 13.8 Å². The molecule has 2 unspecified atom stereocenters. The molecule has 0 aliphatic carbocycles. The Bertz CT molecular complexity index is 836. The predicted octanol–water partition coefficient (Wildman–Crippen LogP) is 2.20. The molecule has 2 saturated heterocycles. The van der Waals surface area contributed by atoms with E-state index in [-0.39, 0.29) is 25.1 Å². The van der Waals surface area contributed by atoms with Crippen molar-refractivity contribution >= 4 is 10.1 Å². The molecule has 1 N–H and O–H groups in total. The number of halogens is 3. The molecule has 33 heavy (non-hydrogen) atoms. The smallest absolute Gasteiger partial charge is 0.387 e. The maximum atomic E-state index is 12.3. The summed E-state index contributed by atoms with van der Waals surface area (Å²) in [7, 11) is -3.17. The SMILES string of the molecule is COC1O[C@H](CN=[N+]=[N-])[C@H](C)[C@H]1O.COC1O[C@H](CN=[N+]=[N-])[C@H](C)[C@H]1OS(=O)(=O)C(F)(F)F. The summed E-state index contributed by atoms with van der Waals surface area (Å²) in [5.74, 6) is -0.849. The Morgan fingerprint density at radius 1 is 0.970 bits per heavy atom. The van der Waals surface area contributed by atoms with Crippen molar-refractivity contribution in [2.75, 3.05) is 27.3 Å². The number of ether oxygens (including phenoxy) is 4. The summed E-state index contributed by atoms with van der Waals surface area (Å²) in [4.78, 5) is 5.12. The van der Waals surface area contributed by atoms with Crippen LogP contribution in [0.3, 0.4) is 0 Å². The van der Waals surface area contributed by atoms with E-state index in [0.717, 1.165) is 7.11 Å². The Balaban J connectivity index is 0.000000361. The lowest BCUT2D eigenvalue weighted by atomic mass is 10.0. The molecule has 0 radical (unpaired) electrons. The third-order valence-corrected chi connectivity index (χ3v) is 6.07. The molecule has 2 rings (SSSR count). The lowest BCUT2D eigenvalue weighted by Crippen LogP contribution is -2.37. The van der Waals surface area contributed by atoms with E-state index in [2.05, 4.69) is 24.2 Å². The Hall–Kier alpha value is -1.88. The third-order valence-electron chi connectivity index (χ3n) is 5.03. The number of hydrogen-bond donors (Lipinski definition) is 1. The van der Waals surface area contributed by atoms with Crippen LogP contribution >= 0.6 is 0 Å². The molecule has 2 heterocycles. The van der Waals surface area contributed by atoms with Gasteiger partial charge in [-0.25, -0.2) is 0 Å². The van der Waals surface area contributed by atoms with Crippen LogP contribution < -0.4 is 0 Å². The van der Waals surface area contributed by atoms with Crippen molar-refractivity contribution in [2.45, 2.75) is 56.4 Å². The summed E-state index contributed by atoms with van der Waals surface area (Å²) in [6, 6.07) is 0. The van der Waals surface area contributed by atoms with Gasteiger partial charge in [-0.15, -0.1) is 0 Å². The van der Waals surface area contributed by atoms with E-state index in [1.807, 2.05) is 6.92 Å². The molecular formula is C15H25F3N6O8S. The zero-order valence-electron chi connectivity index (χ0n) is 18.1. The topological polar surface area (TPSA) is 198 Å². The van der Waals surface area contributed by atoms with Crippen molar-refractivity contribution < 1.29 is 49.8 Å². The van der Waals surface area contributed by atoms with Crippen molar-refractivity contribution in [3.05, 3.63) is 20.9 Å². The average molecular weight is 506 g/mol. The number of rotatable bonds is 8. The Morgan fingerprint density at radius 2 is 1.42 bits per heavy atom. The van der Waals surface area contributed by atoms with Crippen LogP contribution in [-0.4, -0.2) is 83.3 Å². The van der Waals surface area contributed by atoms with Gasteiger partial charge in [-0.1, -0.05) is 24.1 Å². The van der Waals surface area contributed by atoms with E-state index in [9.17, 15) is 26.7 Å².